The molecule has 1 aliphatic rings. The number of terminal acetylenes is 1. The van der Waals surface area contributed by atoms with Crippen LogP contribution in [-0.2, 0) is 14.3 Å². The fourth-order valence-electron chi connectivity index (χ4n) is 3.76. The molecule has 180 valence electrons. The van der Waals surface area contributed by atoms with Gasteiger partial charge in [-0.1, -0.05) is 55.5 Å². The third kappa shape index (κ3) is 8.01. The summed E-state index contributed by atoms with van der Waals surface area (Å²) in [6.07, 6.45) is 10.0. The number of nitrogens with zero attached hydrogens (tertiary/aromatic N) is 1. The maximum atomic E-state index is 13.4. The summed E-state index contributed by atoms with van der Waals surface area (Å²) in [6, 6.07) is 7.63. The number of carbonyl (C=O) groups is 3. The van der Waals surface area contributed by atoms with Gasteiger partial charge >= 0.3 is 6.09 Å². The Balaban J connectivity index is 2.30. The van der Waals surface area contributed by atoms with Gasteiger partial charge in [0.25, 0.3) is 5.91 Å². The van der Waals surface area contributed by atoms with Crippen molar-refractivity contribution in [2.45, 2.75) is 83.5 Å². The molecule has 0 spiro atoms. The van der Waals surface area contributed by atoms with Gasteiger partial charge in [-0.3, -0.25) is 14.5 Å². The van der Waals surface area contributed by atoms with Crippen molar-refractivity contribution in [3.8, 4) is 12.5 Å². The Bertz CT molecular complexity index is 867. The van der Waals surface area contributed by atoms with Gasteiger partial charge in [0.2, 0.25) is 5.91 Å². The molecule has 33 heavy (non-hydrogen) atoms. The SMILES string of the molecule is C#CN(C(=O)C(CS)NC(=O)OC(C)(C)C)C(C(=O)NC1CCCCC1)c1ccc(C)cc1. The van der Waals surface area contributed by atoms with Crippen molar-refractivity contribution in [2.75, 3.05) is 5.75 Å². The molecular formula is C25H35N3O4S. The normalized spacial score (nSPS) is 16.1. The van der Waals surface area contributed by atoms with Crippen molar-refractivity contribution in [2.24, 2.45) is 0 Å². The van der Waals surface area contributed by atoms with Gasteiger partial charge in [-0.15, -0.1) is 0 Å². The highest BCUT2D eigenvalue weighted by Gasteiger charge is 2.36. The van der Waals surface area contributed by atoms with Crippen LogP contribution in [0, 0.1) is 19.4 Å². The molecule has 1 aliphatic carbocycles. The molecule has 0 heterocycles. The average Bonchev–Trinajstić information content (AvgIpc) is 2.75. The summed E-state index contributed by atoms with van der Waals surface area (Å²) in [5, 5.41) is 5.59. The second-order valence-electron chi connectivity index (χ2n) is 9.38. The number of hydrogen-bond donors (Lipinski definition) is 3. The van der Waals surface area contributed by atoms with E-state index in [1.54, 1.807) is 32.9 Å². The molecule has 0 radical (unpaired) electrons. The van der Waals surface area contributed by atoms with Crippen LogP contribution in [0.4, 0.5) is 4.79 Å². The molecule has 0 bridgehead atoms. The number of rotatable bonds is 7. The van der Waals surface area contributed by atoms with Crippen LogP contribution in [-0.4, -0.2) is 46.2 Å². The smallest absolute Gasteiger partial charge is 0.408 e. The van der Waals surface area contributed by atoms with Crippen molar-refractivity contribution in [3.05, 3.63) is 35.4 Å². The maximum absolute atomic E-state index is 13.4. The van der Waals surface area contributed by atoms with E-state index in [4.69, 9.17) is 11.2 Å². The highest BCUT2D eigenvalue weighted by Crippen LogP contribution is 2.25. The molecule has 2 atom stereocenters. The number of thiol groups is 1. The Morgan fingerprint density at radius 1 is 1.18 bits per heavy atom. The quantitative estimate of drug-likeness (QED) is 0.320. The van der Waals surface area contributed by atoms with Crippen molar-refractivity contribution in [1.82, 2.24) is 15.5 Å². The van der Waals surface area contributed by atoms with Crippen molar-refractivity contribution < 1.29 is 19.1 Å². The van der Waals surface area contributed by atoms with Crippen LogP contribution in [0.3, 0.4) is 0 Å². The summed E-state index contributed by atoms with van der Waals surface area (Å²) in [7, 11) is 0. The maximum Gasteiger partial charge on any atom is 0.408 e. The van der Waals surface area contributed by atoms with Crippen LogP contribution < -0.4 is 10.6 Å². The van der Waals surface area contributed by atoms with Gasteiger partial charge in [-0.2, -0.15) is 12.6 Å². The largest absolute Gasteiger partial charge is 0.444 e. The van der Waals surface area contributed by atoms with E-state index in [9.17, 15) is 14.4 Å². The molecule has 1 saturated carbocycles. The third-order valence-corrected chi connectivity index (χ3v) is 5.76. The highest BCUT2D eigenvalue weighted by atomic mass is 32.1. The summed E-state index contributed by atoms with van der Waals surface area (Å²) in [5.74, 6) is -0.962. The monoisotopic (exact) mass is 473 g/mol. The number of hydrogen-bond acceptors (Lipinski definition) is 5. The summed E-state index contributed by atoms with van der Waals surface area (Å²) < 4.78 is 5.25. The number of amides is 3. The van der Waals surface area contributed by atoms with Gasteiger partial charge in [0.05, 0.1) is 0 Å². The molecule has 7 nitrogen and oxygen atoms in total. The number of carbonyl (C=O) groups excluding carboxylic acids is 3. The van der Waals surface area contributed by atoms with Crippen molar-refractivity contribution in [1.29, 1.82) is 0 Å². The minimum Gasteiger partial charge on any atom is -0.444 e. The summed E-state index contributed by atoms with van der Waals surface area (Å²) >= 11 is 4.21. The van der Waals surface area contributed by atoms with Crippen molar-refractivity contribution in [3.63, 3.8) is 0 Å². The second-order valence-corrected chi connectivity index (χ2v) is 9.74. The second kappa shape index (κ2) is 12.0. The average molecular weight is 474 g/mol. The standard InChI is InChI=1S/C25H35N3O4S/c1-6-28(23(30)20(16-33)27-24(31)32-25(3,4)5)21(18-14-12-17(2)13-15-18)22(29)26-19-10-8-7-9-11-19/h1,12-15,19-21,33H,7-11,16H2,2-5H3,(H,26,29)(H,27,31). The Hall–Kier alpha value is -2.66. The Morgan fingerprint density at radius 2 is 1.79 bits per heavy atom. The minimum absolute atomic E-state index is 0.0128. The van der Waals surface area contributed by atoms with E-state index in [1.165, 1.54) is 0 Å². The zero-order valence-corrected chi connectivity index (χ0v) is 20.8. The van der Waals surface area contributed by atoms with Gasteiger partial charge in [0.15, 0.2) is 0 Å². The van der Waals surface area contributed by atoms with Crippen LogP contribution in [0.25, 0.3) is 0 Å². The number of alkyl carbamates (subject to hydrolysis) is 1. The summed E-state index contributed by atoms with van der Waals surface area (Å²) in [4.78, 5) is 40.1. The summed E-state index contributed by atoms with van der Waals surface area (Å²) in [5.41, 5.74) is 0.878. The van der Waals surface area contributed by atoms with E-state index in [2.05, 4.69) is 29.3 Å². The molecule has 1 aromatic rings. The molecule has 0 aliphatic heterocycles. The zero-order valence-electron chi connectivity index (χ0n) is 19.9. The minimum atomic E-state index is -1.06. The molecule has 2 rings (SSSR count). The third-order valence-electron chi connectivity index (χ3n) is 5.40. The van der Waals surface area contributed by atoms with E-state index in [-0.39, 0.29) is 17.7 Å². The molecule has 0 aromatic heterocycles. The lowest BCUT2D eigenvalue weighted by molar-refractivity contribution is -0.138. The lowest BCUT2D eigenvalue weighted by Gasteiger charge is -2.32. The molecule has 2 unspecified atom stereocenters. The first-order valence-electron chi connectivity index (χ1n) is 11.3. The Morgan fingerprint density at radius 3 is 2.30 bits per heavy atom. The van der Waals surface area contributed by atoms with Crippen LogP contribution in [0.5, 0.6) is 0 Å². The number of benzene rings is 1. The predicted molar refractivity (Wildman–Crippen MR) is 132 cm³/mol. The lowest BCUT2D eigenvalue weighted by atomic mass is 9.94. The van der Waals surface area contributed by atoms with E-state index in [0.717, 1.165) is 42.6 Å². The summed E-state index contributed by atoms with van der Waals surface area (Å²) in [6.45, 7) is 7.11. The molecule has 1 aromatic carbocycles. The fraction of sp³-hybridized carbons (Fsp3) is 0.560. The Kier molecular flexibility index (Phi) is 9.66. The first kappa shape index (κ1) is 26.6. The van der Waals surface area contributed by atoms with Gasteiger partial charge < -0.3 is 15.4 Å². The zero-order chi connectivity index (χ0) is 24.6. The molecular weight excluding hydrogens is 438 g/mol. The fourth-order valence-corrected chi connectivity index (χ4v) is 4.01. The number of aryl methyl sites for hydroxylation is 1. The topological polar surface area (TPSA) is 87.7 Å². The van der Waals surface area contributed by atoms with Gasteiger partial charge in [-0.05, 0) is 46.1 Å². The molecule has 2 N–H and O–H groups in total. The Labute approximate surface area is 202 Å². The molecule has 0 saturated heterocycles. The first-order valence-corrected chi connectivity index (χ1v) is 12.0. The van der Waals surface area contributed by atoms with Gasteiger partial charge in [0, 0.05) is 17.8 Å². The highest BCUT2D eigenvalue weighted by molar-refractivity contribution is 7.80. The first-order chi connectivity index (χ1) is 15.6. The van der Waals surface area contributed by atoms with E-state index < -0.39 is 29.7 Å². The number of ether oxygens (including phenoxy) is 1. The molecule has 8 heteroatoms. The van der Waals surface area contributed by atoms with E-state index >= 15 is 0 Å². The number of nitrogens with one attached hydrogen (secondary N) is 2. The van der Waals surface area contributed by atoms with Crippen LogP contribution >= 0.6 is 12.6 Å². The molecule has 3 amide bonds. The van der Waals surface area contributed by atoms with Crippen molar-refractivity contribution >= 4 is 30.5 Å². The van der Waals surface area contributed by atoms with Crippen LogP contribution in [0.1, 0.15) is 70.0 Å². The van der Waals surface area contributed by atoms with E-state index in [1.807, 2.05) is 19.1 Å². The van der Waals surface area contributed by atoms with E-state index in [0.29, 0.717) is 5.56 Å². The molecule has 1 fully saturated rings. The predicted octanol–water partition coefficient (Wildman–Crippen LogP) is 3.73. The van der Waals surface area contributed by atoms with Crippen LogP contribution in [0.2, 0.25) is 0 Å². The lowest BCUT2D eigenvalue weighted by Crippen LogP contribution is -2.53. The van der Waals surface area contributed by atoms with Gasteiger partial charge in [-0.25, -0.2) is 4.79 Å². The van der Waals surface area contributed by atoms with Gasteiger partial charge in [0.1, 0.15) is 17.7 Å². The van der Waals surface area contributed by atoms with Crippen LogP contribution in [0.15, 0.2) is 24.3 Å².